The molecule has 8 nitrogen and oxygen atoms in total. The first-order chi connectivity index (χ1) is 10.4. The maximum atomic E-state index is 11.9. The van der Waals surface area contributed by atoms with Gasteiger partial charge in [-0.25, -0.2) is 4.79 Å². The molecule has 0 spiro atoms. The molecule has 0 saturated carbocycles. The van der Waals surface area contributed by atoms with Crippen LogP contribution in [-0.2, 0) is 10.3 Å². The summed E-state index contributed by atoms with van der Waals surface area (Å²) in [5, 5.41) is 3.34. The van der Waals surface area contributed by atoms with E-state index in [-0.39, 0.29) is 11.4 Å². The predicted octanol–water partition coefficient (Wildman–Crippen LogP) is 2.87. The van der Waals surface area contributed by atoms with E-state index in [0.29, 0.717) is 9.42 Å². The zero-order chi connectivity index (χ0) is 16.2. The molecule has 114 valence electrons. The summed E-state index contributed by atoms with van der Waals surface area (Å²) < 4.78 is 33.4. The zero-order valence-corrected chi connectivity index (χ0v) is 12.0. The third kappa shape index (κ3) is 3.27. The Kier molecular flexibility index (Phi) is 4.49. The molecule has 0 aliphatic heterocycles. The van der Waals surface area contributed by atoms with Crippen molar-refractivity contribution < 1.29 is 17.8 Å². The number of nitrogens with one attached hydrogen (secondary N) is 1. The molecule has 0 aromatic heterocycles. The molecule has 0 fully saturated rings. The second-order valence-corrected chi connectivity index (χ2v) is 5.34. The summed E-state index contributed by atoms with van der Waals surface area (Å²) in [4.78, 5) is 11.9. The largest absolute Gasteiger partial charge is 0.386 e. The van der Waals surface area contributed by atoms with Crippen molar-refractivity contribution in [3.63, 3.8) is 0 Å². The molecule has 0 unspecified atom stereocenters. The first-order valence-corrected chi connectivity index (χ1v) is 7.44. The molecule has 0 bridgehead atoms. The van der Waals surface area contributed by atoms with Gasteiger partial charge < -0.3 is 0 Å². The van der Waals surface area contributed by atoms with Crippen molar-refractivity contribution in [3.8, 4) is 0 Å². The quantitative estimate of drug-likeness (QED) is 0.512. The summed E-state index contributed by atoms with van der Waals surface area (Å²) in [5.74, 6) is 0. The van der Waals surface area contributed by atoms with Gasteiger partial charge in [0.25, 0.3) is 0 Å². The number of rotatable bonds is 4. The van der Waals surface area contributed by atoms with Crippen LogP contribution in [0.5, 0.6) is 0 Å². The lowest BCUT2D eigenvalue weighted by Crippen LogP contribution is -2.49. The molecule has 2 amide bonds. The van der Waals surface area contributed by atoms with Gasteiger partial charge in [-0.05, 0) is 24.3 Å². The molecule has 2 rings (SSSR count). The molecule has 22 heavy (non-hydrogen) atoms. The molecule has 0 heterocycles. The van der Waals surface area contributed by atoms with Gasteiger partial charge in [0.2, 0.25) is 0 Å². The Morgan fingerprint density at radius 1 is 0.955 bits per heavy atom. The lowest BCUT2D eigenvalue weighted by Gasteiger charge is -2.31. The van der Waals surface area contributed by atoms with Crippen LogP contribution in [0.3, 0.4) is 0 Å². The van der Waals surface area contributed by atoms with E-state index in [9.17, 15) is 17.8 Å². The van der Waals surface area contributed by atoms with Gasteiger partial charge in [0, 0.05) is 0 Å². The van der Waals surface area contributed by atoms with E-state index in [0.717, 1.165) is 0 Å². The highest BCUT2D eigenvalue weighted by Gasteiger charge is 2.32. The molecule has 0 saturated heterocycles. The molecule has 9 heteroatoms. The van der Waals surface area contributed by atoms with Crippen molar-refractivity contribution in [2.24, 2.45) is 5.11 Å². The van der Waals surface area contributed by atoms with Crippen LogP contribution in [0.2, 0.25) is 0 Å². The van der Waals surface area contributed by atoms with E-state index >= 15 is 0 Å². The molecule has 0 atom stereocenters. The number of hydrazine groups is 1. The molecule has 2 aromatic carbocycles. The molecular weight excluding hydrogens is 308 g/mol. The highest BCUT2D eigenvalue weighted by molar-refractivity contribution is 7.87. The van der Waals surface area contributed by atoms with Gasteiger partial charge in [0.1, 0.15) is 0 Å². The van der Waals surface area contributed by atoms with Crippen molar-refractivity contribution in [2.45, 2.75) is 0 Å². The van der Waals surface area contributed by atoms with Gasteiger partial charge >= 0.3 is 16.3 Å². The summed E-state index contributed by atoms with van der Waals surface area (Å²) in [6.07, 6.45) is 0. The fourth-order valence-corrected chi connectivity index (χ4v) is 2.58. The van der Waals surface area contributed by atoms with Gasteiger partial charge in [-0.3, -0.25) is 4.55 Å². The number of para-hydroxylation sites is 2. The van der Waals surface area contributed by atoms with Gasteiger partial charge in [0.05, 0.1) is 11.4 Å². The zero-order valence-electron chi connectivity index (χ0n) is 11.2. The highest BCUT2D eigenvalue weighted by atomic mass is 32.2. The van der Waals surface area contributed by atoms with E-state index in [1.807, 2.05) is 0 Å². The second kappa shape index (κ2) is 6.33. The minimum atomic E-state index is -4.83. The van der Waals surface area contributed by atoms with Crippen molar-refractivity contribution in [1.29, 1.82) is 5.53 Å². The van der Waals surface area contributed by atoms with Crippen molar-refractivity contribution in [3.05, 3.63) is 60.7 Å². The summed E-state index contributed by atoms with van der Waals surface area (Å²) in [6.45, 7) is 0. The SMILES string of the molecule is N=NC(=O)N(c1ccccc1)N(c1ccccc1)S(=O)(=O)O. The average molecular weight is 320 g/mol. The summed E-state index contributed by atoms with van der Waals surface area (Å²) in [5.41, 5.74) is 7.03. The molecule has 0 radical (unpaired) electrons. The van der Waals surface area contributed by atoms with Gasteiger partial charge in [-0.1, -0.05) is 41.5 Å². The Bertz CT molecular complexity index is 765. The fourth-order valence-electron chi connectivity index (χ4n) is 1.82. The third-order valence-electron chi connectivity index (χ3n) is 2.65. The normalized spacial score (nSPS) is 10.8. The number of hydrogen-bond acceptors (Lipinski definition) is 4. The summed E-state index contributed by atoms with van der Waals surface area (Å²) in [7, 11) is -4.83. The van der Waals surface area contributed by atoms with Crippen molar-refractivity contribution >= 4 is 27.7 Å². The third-order valence-corrected chi connectivity index (χ3v) is 3.47. The number of benzene rings is 2. The van der Waals surface area contributed by atoms with E-state index < -0.39 is 16.3 Å². The van der Waals surface area contributed by atoms with Gasteiger partial charge in [-0.2, -0.15) is 19.0 Å². The van der Waals surface area contributed by atoms with Crippen LogP contribution in [0.4, 0.5) is 16.2 Å². The fraction of sp³-hybridized carbons (Fsp3) is 0. The maximum absolute atomic E-state index is 11.9. The number of hydrogen-bond donors (Lipinski definition) is 2. The molecule has 0 aliphatic carbocycles. The predicted molar refractivity (Wildman–Crippen MR) is 79.9 cm³/mol. The van der Waals surface area contributed by atoms with E-state index in [4.69, 9.17) is 5.53 Å². The van der Waals surface area contributed by atoms with Crippen molar-refractivity contribution in [1.82, 2.24) is 0 Å². The first-order valence-electron chi connectivity index (χ1n) is 6.04. The van der Waals surface area contributed by atoms with Crippen LogP contribution in [0.15, 0.2) is 65.8 Å². The molecule has 0 aliphatic rings. The average Bonchev–Trinajstić information content (AvgIpc) is 2.52. The van der Waals surface area contributed by atoms with Crippen LogP contribution in [0.1, 0.15) is 0 Å². The Balaban J connectivity index is 2.65. The summed E-state index contributed by atoms with van der Waals surface area (Å²) in [6, 6.07) is 14.1. The maximum Gasteiger partial charge on any atom is 0.386 e. The van der Waals surface area contributed by atoms with Crippen LogP contribution >= 0.6 is 0 Å². The Hall–Kier alpha value is -2.78. The number of carbonyl (C=O) groups excluding carboxylic acids is 1. The van der Waals surface area contributed by atoms with Crippen LogP contribution < -0.4 is 9.42 Å². The molecule has 2 N–H and O–H groups in total. The Labute approximate surface area is 127 Å². The summed E-state index contributed by atoms with van der Waals surface area (Å²) >= 11 is 0. The smallest absolute Gasteiger partial charge is 0.268 e. The number of amides is 2. The minimum absolute atomic E-state index is 0.0193. The number of anilines is 2. The van der Waals surface area contributed by atoms with Gasteiger partial charge in [0.15, 0.2) is 0 Å². The standard InChI is InChI=1S/C13H12N4O4S/c14-15-13(18)16(11-7-3-1-4-8-11)17(22(19,20)21)12-9-5-2-6-10-12/h1-10,14H,(H,19,20,21). The molecule has 2 aromatic rings. The lowest BCUT2D eigenvalue weighted by molar-refractivity contribution is 0.252. The van der Waals surface area contributed by atoms with E-state index in [1.165, 1.54) is 24.3 Å². The van der Waals surface area contributed by atoms with Gasteiger partial charge in [-0.15, -0.1) is 4.41 Å². The van der Waals surface area contributed by atoms with E-state index in [2.05, 4.69) is 5.11 Å². The van der Waals surface area contributed by atoms with E-state index in [1.54, 1.807) is 36.4 Å². The first kappa shape index (κ1) is 15.6. The van der Waals surface area contributed by atoms with Crippen LogP contribution in [0, 0.1) is 5.53 Å². The van der Waals surface area contributed by atoms with Crippen molar-refractivity contribution in [2.75, 3.05) is 9.42 Å². The Morgan fingerprint density at radius 3 is 1.82 bits per heavy atom. The van der Waals surface area contributed by atoms with Crippen LogP contribution in [-0.4, -0.2) is 19.0 Å². The topological polar surface area (TPSA) is 114 Å². The number of carbonyl (C=O) groups is 1. The number of urea groups is 1. The monoisotopic (exact) mass is 320 g/mol. The van der Waals surface area contributed by atoms with Crippen LogP contribution in [0.25, 0.3) is 0 Å². The molecular formula is C13H12N4O4S. The lowest BCUT2D eigenvalue weighted by atomic mass is 10.3. The minimum Gasteiger partial charge on any atom is -0.268 e. The highest BCUT2D eigenvalue weighted by Crippen LogP contribution is 2.25. The second-order valence-electron chi connectivity index (χ2n) is 4.10. The Morgan fingerprint density at radius 2 is 1.41 bits per heavy atom. The number of nitrogens with zero attached hydrogens (tertiary/aromatic N) is 3.